The summed E-state index contributed by atoms with van der Waals surface area (Å²) in [5, 5.41) is 12.4. The van der Waals surface area contributed by atoms with Crippen LogP contribution < -0.4 is 0 Å². The van der Waals surface area contributed by atoms with Gasteiger partial charge in [-0.3, -0.25) is 5.10 Å². The molecule has 1 atom stereocenters. The van der Waals surface area contributed by atoms with E-state index in [0.29, 0.717) is 0 Å². The molecule has 1 rings (SSSR count). The van der Waals surface area contributed by atoms with Gasteiger partial charge in [0.15, 0.2) is 5.69 Å². The molecule has 10 heteroatoms. The van der Waals surface area contributed by atoms with Crippen molar-refractivity contribution in [3.63, 3.8) is 0 Å². The molecule has 0 aromatic carbocycles. The van der Waals surface area contributed by atoms with E-state index in [4.69, 9.17) is 5.11 Å². The number of nitrogens with one attached hydrogen (secondary N) is 1. The number of hydrogen-bond donors (Lipinski definition) is 2. The third kappa shape index (κ3) is 2.50. The van der Waals surface area contributed by atoms with Crippen LogP contribution in [-0.2, 0) is 6.18 Å². The topological polar surface area (TPSA) is 66.0 Å². The monoisotopic (exact) mass is 262 g/mol. The number of rotatable bonds is 3. The van der Waals surface area contributed by atoms with Crippen molar-refractivity contribution in [2.45, 2.75) is 18.8 Å². The van der Waals surface area contributed by atoms with Crippen molar-refractivity contribution in [1.82, 2.24) is 10.2 Å². The highest BCUT2D eigenvalue weighted by Gasteiger charge is 2.44. The summed E-state index contributed by atoms with van der Waals surface area (Å²) in [6.45, 7) is 0. The lowest BCUT2D eigenvalue weighted by molar-refractivity contribution is -0.139. The van der Waals surface area contributed by atoms with Gasteiger partial charge in [-0.2, -0.15) is 18.3 Å². The van der Waals surface area contributed by atoms with Gasteiger partial charge in [0, 0.05) is 0 Å². The molecule has 0 saturated heterocycles. The summed E-state index contributed by atoms with van der Waals surface area (Å²) in [5.41, 5.74) is -5.17. The van der Waals surface area contributed by atoms with Crippen LogP contribution in [0.1, 0.15) is 27.9 Å². The Morgan fingerprint density at radius 3 is 2.18 bits per heavy atom. The molecular weight excluding hydrogens is 258 g/mol. The van der Waals surface area contributed by atoms with E-state index >= 15 is 0 Å². The van der Waals surface area contributed by atoms with E-state index in [9.17, 15) is 31.1 Å². The van der Waals surface area contributed by atoms with Gasteiger partial charge in [-0.1, -0.05) is 0 Å². The summed E-state index contributed by atoms with van der Waals surface area (Å²) >= 11 is 0. The SMILES string of the molecule is O=C(O)c1n[nH]c(C(F)C(F)F)c1C(F)(F)F. The predicted molar refractivity (Wildman–Crippen MR) is 40.4 cm³/mol. The molecule has 0 aliphatic carbocycles. The average molecular weight is 262 g/mol. The van der Waals surface area contributed by atoms with Crippen LogP contribution in [0.4, 0.5) is 26.3 Å². The number of H-pyrrole nitrogens is 1. The zero-order valence-electron chi connectivity index (χ0n) is 7.73. The van der Waals surface area contributed by atoms with Gasteiger partial charge < -0.3 is 5.11 Å². The van der Waals surface area contributed by atoms with E-state index in [1.165, 1.54) is 5.10 Å². The summed E-state index contributed by atoms with van der Waals surface area (Å²) < 4.78 is 73.9. The zero-order chi connectivity index (χ0) is 13.4. The van der Waals surface area contributed by atoms with Crippen molar-refractivity contribution in [3.05, 3.63) is 17.0 Å². The van der Waals surface area contributed by atoms with Crippen molar-refractivity contribution >= 4 is 5.97 Å². The minimum atomic E-state index is -5.30. The largest absolute Gasteiger partial charge is 0.476 e. The smallest absolute Gasteiger partial charge is 0.420 e. The molecule has 0 aliphatic rings. The molecule has 2 N–H and O–H groups in total. The third-order valence-corrected chi connectivity index (χ3v) is 1.78. The second-order valence-electron chi connectivity index (χ2n) is 2.90. The van der Waals surface area contributed by atoms with Crippen LogP contribution in [0.3, 0.4) is 0 Å². The Bertz CT molecular complexity index is 426. The first-order valence-corrected chi connectivity index (χ1v) is 3.97. The molecule has 0 bridgehead atoms. The molecule has 96 valence electrons. The normalized spacial score (nSPS) is 14.1. The molecule has 1 unspecified atom stereocenters. The van der Waals surface area contributed by atoms with Crippen LogP contribution in [0, 0.1) is 0 Å². The van der Waals surface area contributed by atoms with E-state index in [-0.39, 0.29) is 0 Å². The van der Waals surface area contributed by atoms with Gasteiger partial charge in [0.25, 0.3) is 6.43 Å². The number of aromatic carboxylic acids is 1. The first-order chi connectivity index (χ1) is 7.66. The van der Waals surface area contributed by atoms with Crippen molar-refractivity contribution < 1.29 is 36.2 Å². The Morgan fingerprint density at radius 2 is 1.82 bits per heavy atom. The van der Waals surface area contributed by atoms with Crippen molar-refractivity contribution in [2.75, 3.05) is 0 Å². The Labute approximate surface area is 89.2 Å². The molecule has 0 fully saturated rings. The molecule has 4 nitrogen and oxygen atoms in total. The fourth-order valence-corrected chi connectivity index (χ4v) is 1.12. The molecule has 0 radical (unpaired) electrons. The Balaban J connectivity index is 3.38. The molecular formula is C7H4F6N2O2. The summed E-state index contributed by atoms with van der Waals surface area (Å²) in [6, 6.07) is 0. The zero-order valence-corrected chi connectivity index (χ0v) is 7.73. The number of aromatic amines is 1. The van der Waals surface area contributed by atoms with E-state index in [0.717, 1.165) is 0 Å². The molecule has 1 aromatic heterocycles. The second-order valence-corrected chi connectivity index (χ2v) is 2.90. The van der Waals surface area contributed by atoms with Gasteiger partial charge in [0.1, 0.15) is 5.56 Å². The lowest BCUT2D eigenvalue weighted by Gasteiger charge is -2.10. The van der Waals surface area contributed by atoms with Gasteiger partial charge in [-0.05, 0) is 0 Å². The van der Waals surface area contributed by atoms with Crippen LogP contribution in [0.25, 0.3) is 0 Å². The molecule has 1 aromatic rings. The Kier molecular flexibility index (Phi) is 3.34. The highest BCUT2D eigenvalue weighted by molar-refractivity contribution is 5.87. The van der Waals surface area contributed by atoms with E-state index < -0.39 is 41.7 Å². The predicted octanol–water partition coefficient (Wildman–Crippen LogP) is 2.40. The fourth-order valence-electron chi connectivity index (χ4n) is 1.12. The van der Waals surface area contributed by atoms with Crippen molar-refractivity contribution in [3.8, 4) is 0 Å². The van der Waals surface area contributed by atoms with Crippen molar-refractivity contribution in [2.24, 2.45) is 0 Å². The molecule has 0 aliphatic heterocycles. The first kappa shape index (κ1) is 13.3. The maximum Gasteiger partial charge on any atom is 0.420 e. The minimum Gasteiger partial charge on any atom is -0.476 e. The number of aromatic nitrogens is 2. The average Bonchev–Trinajstić information content (AvgIpc) is 2.59. The number of carbonyl (C=O) groups is 1. The highest BCUT2D eigenvalue weighted by Crippen LogP contribution is 2.38. The van der Waals surface area contributed by atoms with Gasteiger partial charge in [-0.25, -0.2) is 18.0 Å². The molecule has 0 spiro atoms. The van der Waals surface area contributed by atoms with E-state index in [1.54, 1.807) is 0 Å². The van der Waals surface area contributed by atoms with Crippen molar-refractivity contribution in [1.29, 1.82) is 0 Å². The van der Waals surface area contributed by atoms with Gasteiger partial charge in [0.05, 0.1) is 5.69 Å². The first-order valence-electron chi connectivity index (χ1n) is 3.97. The number of alkyl halides is 6. The summed E-state index contributed by atoms with van der Waals surface area (Å²) in [5.74, 6) is -2.10. The maximum absolute atomic E-state index is 12.8. The molecule has 1 heterocycles. The summed E-state index contributed by atoms with van der Waals surface area (Å²) in [6.07, 6.45) is -12.3. The quantitative estimate of drug-likeness (QED) is 0.822. The number of carboxylic acids is 1. The number of carboxylic acid groups (broad SMARTS) is 1. The lowest BCUT2D eigenvalue weighted by atomic mass is 10.1. The van der Waals surface area contributed by atoms with E-state index in [1.807, 2.05) is 0 Å². The fraction of sp³-hybridized carbons (Fsp3) is 0.429. The third-order valence-electron chi connectivity index (χ3n) is 1.78. The number of nitrogens with zero attached hydrogens (tertiary/aromatic N) is 1. The van der Waals surface area contributed by atoms with Crippen LogP contribution in [-0.4, -0.2) is 27.7 Å². The minimum absolute atomic E-state index is 1.34. The van der Waals surface area contributed by atoms with E-state index in [2.05, 4.69) is 5.10 Å². The number of hydrogen-bond acceptors (Lipinski definition) is 2. The van der Waals surface area contributed by atoms with Crippen LogP contribution in [0.15, 0.2) is 0 Å². The van der Waals surface area contributed by atoms with Crippen LogP contribution in [0.2, 0.25) is 0 Å². The highest BCUT2D eigenvalue weighted by atomic mass is 19.4. The Morgan fingerprint density at radius 1 is 1.29 bits per heavy atom. The van der Waals surface area contributed by atoms with Gasteiger partial charge in [0.2, 0.25) is 6.17 Å². The van der Waals surface area contributed by atoms with Crippen LogP contribution >= 0.6 is 0 Å². The molecule has 0 saturated carbocycles. The van der Waals surface area contributed by atoms with Gasteiger partial charge >= 0.3 is 12.1 Å². The summed E-state index contributed by atoms with van der Waals surface area (Å²) in [7, 11) is 0. The molecule has 17 heavy (non-hydrogen) atoms. The molecule has 0 amide bonds. The van der Waals surface area contributed by atoms with Crippen LogP contribution in [0.5, 0.6) is 0 Å². The Hall–Kier alpha value is -1.74. The maximum atomic E-state index is 12.8. The standard InChI is InChI=1S/C7H4F6N2O2/c8-2(5(9)10)3-1(7(11,12)13)4(6(16)17)15-14-3/h2,5H,(H,14,15)(H,16,17). The lowest BCUT2D eigenvalue weighted by Crippen LogP contribution is -2.16. The number of halogens is 6. The summed E-state index contributed by atoms with van der Waals surface area (Å²) in [4.78, 5) is 10.4. The second kappa shape index (κ2) is 4.26. The van der Waals surface area contributed by atoms with Gasteiger partial charge in [-0.15, -0.1) is 0 Å².